The lowest BCUT2D eigenvalue weighted by Gasteiger charge is -2.09. The molecule has 0 nitrogen and oxygen atoms in total. The van der Waals surface area contributed by atoms with Crippen LogP contribution in [-0.4, -0.2) is 0 Å². The lowest BCUT2D eigenvalue weighted by atomic mass is 9.95. The van der Waals surface area contributed by atoms with E-state index in [2.05, 4.69) is 87.5 Å². The first-order valence-corrected chi connectivity index (χ1v) is 7.95. The molecule has 0 aliphatic heterocycles. The van der Waals surface area contributed by atoms with Gasteiger partial charge in [-0.05, 0) is 59.2 Å². The van der Waals surface area contributed by atoms with Gasteiger partial charge < -0.3 is 0 Å². The summed E-state index contributed by atoms with van der Waals surface area (Å²) < 4.78 is 0. The monoisotopic (exact) mass is 286 g/mol. The van der Waals surface area contributed by atoms with Crippen molar-refractivity contribution in [3.05, 3.63) is 83.4 Å². The van der Waals surface area contributed by atoms with Gasteiger partial charge >= 0.3 is 0 Å². The van der Waals surface area contributed by atoms with E-state index in [0.717, 1.165) is 6.42 Å². The number of hydrogen-bond donors (Lipinski definition) is 0. The van der Waals surface area contributed by atoms with Gasteiger partial charge in [-0.2, -0.15) is 0 Å². The van der Waals surface area contributed by atoms with Gasteiger partial charge in [-0.15, -0.1) is 0 Å². The summed E-state index contributed by atoms with van der Waals surface area (Å²) in [4.78, 5) is 0. The summed E-state index contributed by atoms with van der Waals surface area (Å²) >= 11 is 0. The van der Waals surface area contributed by atoms with Crippen LogP contribution < -0.4 is 0 Å². The van der Waals surface area contributed by atoms with Gasteiger partial charge in [0.25, 0.3) is 0 Å². The molecule has 0 N–H and O–H groups in total. The van der Waals surface area contributed by atoms with Gasteiger partial charge in [-0.25, -0.2) is 0 Å². The third-order valence-electron chi connectivity index (χ3n) is 4.40. The van der Waals surface area contributed by atoms with Gasteiger partial charge in [0.1, 0.15) is 0 Å². The van der Waals surface area contributed by atoms with E-state index in [1.54, 1.807) is 0 Å². The highest BCUT2D eigenvalue weighted by Crippen LogP contribution is 2.28. The molecule has 3 aromatic carbocycles. The average molecular weight is 286 g/mol. The molecule has 0 radical (unpaired) electrons. The highest BCUT2D eigenvalue weighted by atomic mass is 14.1. The minimum absolute atomic E-state index is 1.10. The Labute approximate surface area is 133 Å². The fourth-order valence-electron chi connectivity index (χ4n) is 3.01. The van der Waals surface area contributed by atoms with Crippen LogP contribution in [0.2, 0.25) is 0 Å². The van der Waals surface area contributed by atoms with E-state index in [1.807, 2.05) is 0 Å². The van der Waals surface area contributed by atoms with Crippen molar-refractivity contribution < 1.29 is 0 Å². The molecular weight excluding hydrogens is 264 g/mol. The number of aryl methyl sites for hydroxylation is 3. The van der Waals surface area contributed by atoms with Crippen LogP contribution in [0.4, 0.5) is 0 Å². The Bertz CT molecular complexity index is 779. The Morgan fingerprint density at radius 2 is 1.27 bits per heavy atom. The Morgan fingerprint density at radius 1 is 0.636 bits per heavy atom. The van der Waals surface area contributed by atoms with Crippen LogP contribution in [0.15, 0.2) is 66.7 Å². The van der Waals surface area contributed by atoms with Gasteiger partial charge in [-0.1, -0.05) is 73.7 Å². The van der Waals surface area contributed by atoms with Crippen molar-refractivity contribution in [3.8, 4) is 22.3 Å². The average Bonchev–Trinajstić information content (AvgIpc) is 2.55. The maximum atomic E-state index is 2.29. The number of benzene rings is 3. The SMILES string of the molecule is CCc1ccc(-c2ccc(-c3ccccc3C)cc2)cc1C. The Morgan fingerprint density at radius 3 is 1.91 bits per heavy atom. The second-order valence-corrected chi connectivity index (χ2v) is 5.89. The predicted molar refractivity (Wildman–Crippen MR) is 96.2 cm³/mol. The fourth-order valence-corrected chi connectivity index (χ4v) is 3.01. The van der Waals surface area contributed by atoms with Crippen LogP contribution in [0.25, 0.3) is 22.3 Å². The van der Waals surface area contributed by atoms with Crippen molar-refractivity contribution in [3.63, 3.8) is 0 Å². The highest BCUT2D eigenvalue weighted by molar-refractivity contribution is 5.72. The Balaban J connectivity index is 1.95. The molecule has 0 aliphatic carbocycles. The molecule has 0 aromatic heterocycles. The zero-order chi connectivity index (χ0) is 15.5. The Kier molecular flexibility index (Phi) is 4.11. The normalized spacial score (nSPS) is 10.7. The van der Waals surface area contributed by atoms with Gasteiger partial charge in [0.15, 0.2) is 0 Å². The van der Waals surface area contributed by atoms with E-state index < -0.39 is 0 Å². The van der Waals surface area contributed by atoms with Gasteiger partial charge in [-0.3, -0.25) is 0 Å². The molecular formula is C22H22. The number of hydrogen-bond acceptors (Lipinski definition) is 0. The molecule has 3 rings (SSSR count). The summed E-state index contributed by atoms with van der Waals surface area (Å²) in [5.74, 6) is 0. The molecule has 0 heteroatoms. The minimum atomic E-state index is 1.10. The van der Waals surface area contributed by atoms with Crippen molar-refractivity contribution in [2.24, 2.45) is 0 Å². The van der Waals surface area contributed by atoms with Crippen molar-refractivity contribution in [1.29, 1.82) is 0 Å². The van der Waals surface area contributed by atoms with Crippen LogP contribution in [0.5, 0.6) is 0 Å². The molecule has 0 aliphatic rings. The molecule has 0 unspecified atom stereocenters. The largest absolute Gasteiger partial charge is 0.0620 e. The molecule has 0 amide bonds. The van der Waals surface area contributed by atoms with Crippen LogP contribution in [0.3, 0.4) is 0 Å². The first kappa shape index (κ1) is 14.6. The summed E-state index contributed by atoms with van der Waals surface area (Å²) in [6.45, 7) is 6.57. The first-order chi connectivity index (χ1) is 10.7. The lowest BCUT2D eigenvalue weighted by Crippen LogP contribution is -1.88. The van der Waals surface area contributed by atoms with Crippen molar-refractivity contribution in [2.45, 2.75) is 27.2 Å². The van der Waals surface area contributed by atoms with Gasteiger partial charge in [0, 0.05) is 0 Å². The molecule has 0 heterocycles. The smallest absolute Gasteiger partial charge is 0.0155 e. The van der Waals surface area contributed by atoms with Crippen LogP contribution >= 0.6 is 0 Å². The summed E-state index contributed by atoms with van der Waals surface area (Å²) in [6, 6.07) is 24.2. The molecule has 0 bridgehead atoms. The molecule has 22 heavy (non-hydrogen) atoms. The molecule has 0 saturated carbocycles. The van der Waals surface area contributed by atoms with Crippen molar-refractivity contribution in [1.82, 2.24) is 0 Å². The maximum Gasteiger partial charge on any atom is -0.0155 e. The molecule has 0 spiro atoms. The van der Waals surface area contributed by atoms with E-state index in [1.165, 1.54) is 38.9 Å². The van der Waals surface area contributed by atoms with E-state index in [4.69, 9.17) is 0 Å². The van der Waals surface area contributed by atoms with E-state index >= 15 is 0 Å². The summed E-state index contributed by atoms with van der Waals surface area (Å²) in [5.41, 5.74) is 9.30. The molecule has 0 saturated heterocycles. The highest BCUT2D eigenvalue weighted by Gasteiger charge is 2.04. The second kappa shape index (κ2) is 6.19. The van der Waals surface area contributed by atoms with Crippen LogP contribution in [-0.2, 0) is 6.42 Å². The minimum Gasteiger partial charge on any atom is -0.0620 e. The predicted octanol–water partition coefficient (Wildman–Crippen LogP) is 6.20. The molecule has 0 fully saturated rings. The summed E-state index contributed by atoms with van der Waals surface area (Å²) in [6.07, 6.45) is 1.10. The molecule has 110 valence electrons. The first-order valence-electron chi connectivity index (χ1n) is 7.95. The summed E-state index contributed by atoms with van der Waals surface area (Å²) in [5, 5.41) is 0. The van der Waals surface area contributed by atoms with E-state index in [-0.39, 0.29) is 0 Å². The van der Waals surface area contributed by atoms with Crippen molar-refractivity contribution in [2.75, 3.05) is 0 Å². The van der Waals surface area contributed by atoms with Gasteiger partial charge in [0.05, 0.1) is 0 Å². The van der Waals surface area contributed by atoms with Gasteiger partial charge in [0.2, 0.25) is 0 Å². The second-order valence-electron chi connectivity index (χ2n) is 5.89. The van der Waals surface area contributed by atoms with Crippen LogP contribution in [0, 0.1) is 13.8 Å². The van der Waals surface area contributed by atoms with E-state index in [0.29, 0.717) is 0 Å². The zero-order valence-corrected chi connectivity index (χ0v) is 13.6. The topological polar surface area (TPSA) is 0 Å². The standard InChI is InChI=1S/C22H22/c1-4-18-9-14-21(15-17(18)3)19-10-12-20(13-11-19)22-8-6-5-7-16(22)2/h5-15H,4H2,1-3H3. The van der Waals surface area contributed by atoms with Crippen molar-refractivity contribution >= 4 is 0 Å². The quantitative estimate of drug-likeness (QED) is 0.537. The maximum absolute atomic E-state index is 2.29. The van der Waals surface area contributed by atoms with Crippen LogP contribution in [0.1, 0.15) is 23.6 Å². The zero-order valence-electron chi connectivity index (χ0n) is 13.6. The molecule has 0 atom stereocenters. The lowest BCUT2D eigenvalue weighted by molar-refractivity contribution is 1.11. The Hall–Kier alpha value is -2.34. The fraction of sp³-hybridized carbons (Fsp3) is 0.182. The third kappa shape index (κ3) is 2.82. The number of rotatable bonds is 3. The van der Waals surface area contributed by atoms with E-state index in [9.17, 15) is 0 Å². The summed E-state index contributed by atoms with van der Waals surface area (Å²) in [7, 11) is 0. The third-order valence-corrected chi connectivity index (χ3v) is 4.40. The molecule has 3 aromatic rings.